The summed E-state index contributed by atoms with van der Waals surface area (Å²) in [6.45, 7) is -0.170. The number of ether oxygens (including phenoxy) is 1. The van der Waals surface area contributed by atoms with Gasteiger partial charge in [0, 0.05) is 23.4 Å². The smallest absolute Gasteiger partial charge is 0.465 e. The predicted molar refractivity (Wildman–Crippen MR) is 114 cm³/mol. The number of benzene rings is 2. The van der Waals surface area contributed by atoms with Crippen LogP contribution in [0.25, 0.3) is 0 Å². The largest absolute Gasteiger partial charge is 0.573 e. The van der Waals surface area contributed by atoms with Crippen molar-refractivity contribution in [3.63, 3.8) is 0 Å². The molecule has 178 valence electrons. The molecule has 34 heavy (non-hydrogen) atoms. The fraction of sp³-hybridized carbons (Fsp3) is 0.158. The fourth-order valence-corrected chi connectivity index (χ4v) is 3.26. The van der Waals surface area contributed by atoms with E-state index >= 15 is 0 Å². The van der Waals surface area contributed by atoms with E-state index in [1.165, 1.54) is 24.4 Å². The molecule has 3 rings (SSSR count). The zero-order chi connectivity index (χ0) is 25.0. The molecule has 0 spiro atoms. The average Bonchev–Trinajstić information content (AvgIpc) is 3.11. The van der Waals surface area contributed by atoms with Crippen molar-refractivity contribution in [2.75, 3.05) is 11.9 Å². The Kier molecular flexibility index (Phi) is 7.33. The van der Waals surface area contributed by atoms with Gasteiger partial charge in [-0.25, -0.2) is 14.2 Å². The van der Waals surface area contributed by atoms with Crippen molar-refractivity contribution in [3.8, 4) is 11.9 Å². The number of nitrogens with zero attached hydrogens (tertiary/aromatic N) is 4. The van der Waals surface area contributed by atoms with Crippen LogP contribution in [-0.2, 0) is 0 Å². The van der Waals surface area contributed by atoms with E-state index in [1.54, 1.807) is 0 Å². The van der Waals surface area contributed by atoms with Gasteiger partial charge in [0.1, 0.15) is 11.6 Å². The highest BCUT2D eigenvalue weighted by atomic mass is 35.5. The maximum atomic E-state index is 13.8. The molecule has 3 N–H and O–H groups in total. The first-order chi connectivity index (χ1) is 15.9. The molecule has 1 aliphatic heterocycles. The SMILES string of the molecule is N#C/N=C(/Nc1cc(F)cc(OC(F)(F)F)c1)N1CC(NC(=O)O)C(c2ccc(Cl)c(Cl)c2)=N1. The predicted octanol–water partition coefficient (Wildman–Crippen LogP) is 4.64. The highest BCUT2D eigenvalue weighted by Gasteiger charge is 2.33. The van der Waals surface area contributed by atoms with E-state index in [2.05, 4.69) is 25.5 Å². The van der Waals surface area contributed by atoms with Crippen LogP contribution < -0.4 is 15.4 Å². The summed E-state index contributed by atoms with van der Waals surface area (Å²) in [5.74, 6) is -2.23. The van der Waals surface area contributed by atoms with Crippen molar-refractivity contribution in [2.45, 2.75) is 12.4 Å². The number of carboxylic acid groups (broad SMARTS) is 1. The van der Waals surface area contributed by atoms with Gasteiger partial charge in [-0.3, -0.25) is 0 Å². The normalized spacial score (nSPS) is 16.0. The quantitative estimate of drug-likeness (QED) is 0.234. The molecule has 0 saturated carbocycles. The summed E-state index contributed by atoms with van der Waals surface area (Å²) in [4.78, 5) is 14.8. The zero-order valence-electron chi connectivity index (χ0n) is 16.6. The van der Waals surface area contributed by atoms with E-state index in [0.29, 0.717) is 11.6 Å². The summed E-state index contributed by atoms with van der Waals surface area (Å²) in [5, 5.41) is 28.7. The minimum atomic E-state index is -5.06. The monoisotopic (exact) mass is 518 g/mol. The van der Waals surface area contributed by atoms with Gasteiger partial charge in [0.15, 0.2) is 0 Å². The van der Waals surface area contributed by atoms with Crippen molar-refractivity contribution in [1.29, 1.82) is 5.26 Å². The van der Waals surface area contributed by atoms with E-state index in [1.807, 2.05) is 0 Å². The summed E-state index contributed by atoms with van der Waals surface area (Å²) in [6, 6.07) is 5.72. The van der Waals surface area contributed by atoms with Crippen molar-refractivity contribution < 1.29 is 32.2 Å². The second-order valence-corrected chi connectivity index (χ2v) is 7.40. The lowest BCUT2D eigenvalue weighted by molar-refractivity contribution is -0.274. The molecule has 0 aromatic heterocycles. The number of nitriles is 1. The van der Waals surface area contributed by atoms with E-state index in [4.69, 9.17) is 28.5 Å². The van der Waals surface area contributed by atoms with E-state index < -0.39 is 30.1 Å². The van der Waals surface area contributed by atoms with Crippen molar-refractivity contribution in [3.05, 3.63) is 57.8 Å². The molecule has 0 fully saturated rings. The molecular weight excluding hydrogens is 507 g/mol. The molecule has 0 aliphatic carbocycles. The van der Waals surface area contributed by atoms with Gasteiger partial charge in [-0.1, -0.05) is 29.3 Å². The standard InChI is InChI=1S/C19H12Cl2F4N6O3/c20-13-2-1-9(3-14(13)21)16-15(29-18(32)33)7-31(30-16)17(27-8-26)28-11-4-10(22)5-12(6-11)34-19(23,24)25/h1-6,15,29H,7H2,(H,27,28)(H,32,33). The van der Waals surface area contributed by atoms with Gasteiger partial charge in [0.25, 0.3) is 0 Å². The number of amides is 1. The zero-order valence-corrected chi connectivity index (χ0v) is 18.1. The maximum Gasteiger partial charge on any atom is 0.573 e. The second-order valence-electron chi connectivity index (χ2n) is 6.58. The molecule has 0 saturated heterocycles. The Hall–Kier alpha value is -3.76. The third-order valence-corrected chi connectivity index (χ3v) is 4.93. The number of carbonyl (C=O) groups is 1. The van der Waals surface area contributed by atoms with E-state index in [9.17, 15) is 27.5 Å². The Bertz CT molecular complexity index is 1220. The van der Waals surface area contributed by atoms with Gasteiger partial charge in [-0.15, -0.1) is 18.2 Å². The molecule has 1 unspecified atom stereocenters. The Balaban J connectivity index is 1.94. The molecule has 2 aromatic rings. The van der Waals surface area contributed by atoms with Crippen LogP contribution in [-0.4, -0.2) is 46.8 Å². The summed E-state index contributed by atoms with van der Waals surface area (Å²) >= 11 is 11.9. The Labute approximate surface area is 198 Å². The van der Waals surface area contributed by atoms with Gasteiger partial charge in [-0.2, -0.15) is 10.4 Å². The summed E-state index contributed by atoms with van der Waals surface area (Å²) in [7, 11) is 0. The van der Waals surface area contributed by atoms with Crippen molar-refractivity contribution >= 4 is 46.7 Å². The van der Waals surface area contributed by atoms with Crippen LogP contribution in [0.4, 0.5) is 28.0 Å². The van der Waals surface area contributed by atoms with Crippen molar-refractivity contribution in [1.82, 2.24) is 10.3 Å². The number of hydrazone groups is 1. The molecular formula is C19H12Cl2F4N6O3. The first-order valence-corrected chi connectivity index (χ1v) is 9.82. The molecule has 0 radical (unpaired) electrons. The molecule has 1 aliphatic rings. The number of anilines is 1. The highest BCUT2D eigenvalue weighted by molar-refractivity contribution is 6.42. The number of hydrogen-bond donors (Lipinski definition) is 3. The van der Waals surface area contributed by atoms with Gasteiger partial charge in [0.05, 0.1) is 28.3 Å². The molecule has 15 heteroatoms. The van der Waals surface area contributed by atoms with Crippen LogP contribution in [0, 0.1) is 17.3 Å². The van der Waals surface area contributed by atoms with Gasteiger partial charge in [-0.05, 0) is 18.2 Å². The number of halogens is 6. The molecule has 9 nitrogen and oxygen atoms in total. The van der Waals surface area contributed by atoms with Crippen LogP contribution in [0.3, 0.4) is 0 Å². The first-order valence-electron chi connectivity index (χ1n) is 9.06. The molecule has 0 bridgehead atoms. The lowest BCUT2D eigenvalue weighted by Crippen LogP contribution is -2.43. The first kappa shape index (κ1) is 24.9. The van der Waals surface area contributed by atoms with Gasteiger partial charge in [0.2, 0.25) is 12.2 Å². The highest BCUT2D eigenvalue weighted by Crippen LogP contribution is 2.28. The summed E-state index contributed by atoms with van der Waals surface area (Å²) in [6.07, 6.45) is -4.93. The average molecular weight is 519 g/mol. The number of hydrogen-bond acceptors (Lipinski definition) is 5. The number of nitrogens with one attached hydrogen (secondary N) is 2. The molecule has 2 aromatic carbocycles. The van der Waals surface area contributed by atoms with Gasteiger partial charge >= 0.3 is 12.5 Å². The molecule has 1 atom stereocenters. The van der Waals surface area contributed by atoms with Crippen LogP contribution in [0.5, 0.6) is 5.75 Å². The number of guanidine groups is 1. The minimum absolute atomic E-state index is 0.170. The summed E-state index contributed by atoms with van der Waals surface area (Å²) < 4.78 is 55.1. The summed E-state index contributed by atoms with van der Waals surface area (Å²) in [5.41, 5.74) is 0.349. The lowest BCUT2D eigenvalue weighted by atomic mass is 10.0. The fourth-order valence-electron chi connectivity index (χ4n) is 2.97. The Morgan fingerprint density at radius 2 is 2.00 bits per heavy atom. The van der Waals surface area contributed by atoms with Gasteiger partial charge < -0.3 is 20.5 Å². The van der Waals surface area contributed by atoms with Crippen LogP contribution in [0.1, 0.15) is 5.56 Å². The topological polar surface area (TPSA) is 122 Å². The van der Waals surface area contributed by atoms with Crippen LogP contribution in [0.2, 0.25) is 10.0 Å². The van der Waals surface area contributed by atoms with E-state index in [0.717, 1.165) is 17.1 Å². The molecule has 1 heterocycles. The molecule has 1 amide bonds. The second kappa shape index (κ2) is 10.0. The number of alkyl halides is 3. The maximum absolute atomic E-state index is 13.8. The third kappa shape index (κ3) is 6.40. The third-order valence-electron chi connectivity index (χ3n) is 4.19. The van der Waals surface area contributed by atoms with Crippen LogP contribution in [0.15, 0.2) is 46.5 Å². The Morgan fingerprint density at radius 1 is 1.26 bits per heavy atom. The number of aliphatic imine (C=N–C) groups is 1. The van der Waals surface area contributed by atoms with Crippen molar-refractivity contribution in [2.24, 2.45) is 10.1 Å². The number of rotatable bonds is 4. The minimum Gasteiger partial charge on any atom is -0.465 e. The Morgan fingerprint density at radius 3 is 2.62 bits per heavy atom. The van der Waals surface area contributed by atoms with Crippen LogP contribution >= 0.6 is 23.2 Å². The lowest BCUT2D eigenvalue weighted by Gasteiger charge is -2.19. The van der Waals surface area contributed by atoms with E-state index in [-0.39, 0.29) is 33.9 Å².